The van der Waals surface area contributed by atoms with E-state index >= 15 is 0 Å². The van der Waals surface area contributed by atoms with E-state index in [0.29, 0.717) is 40.3 Å². The summed E-state index contributed by atoms with van der Waals surface area (Å²) >= 11 is 0. The number of carbonyl (C=O) groups excluding carboxylic acids is 2. The van der Waals surface area contributed by atoms with Crippen LogP contribution in [-0.2, 0) is 15.1 Å². The Bertz CT molecular complexity index is 1440. The monoisotopic (exact) mass is 672 g/mol. The van der Waals surface area contributed by atoms with Crippen molar-refractivity contribution in [2.75, 3.05) is 0 Å². The zero-order chi connectivity index (χ0) is 36.2. The molecule has 0 saturated heterocycles. The lowest BCUT2D eigenvalue weighted by molar-refractivity contribution is -0.202. The van der Waals surface area contributed by atoms with Crippen molar-refractivity contribution in [2.24, 2.45) is 51.2 Å². The third-order valence-corrected chi connectivity index (χ3v) is 14.9. The number of Topliss-reactive ketones (excluding diaryl/α,β-unsaturated/α-hetero) is 1. The summed E-state index contributed by atoms with van der Waals surface area (Å²) in [5, 5.41) is 13.8. The lowest BCUT2D eigenvalue weighted by atomic mass is 9.36. The second-order valence-electron chi connectivity index (χ2n) is 18.5. The molecular formula is C45H69NO3. The smallest absolute Gasteiger partial charge is 0.207 e. The minimum atomic E-state index is -0.158. The highest BCUT2D eigenvalue weighted by atomic mass is 16.3. The second-order valence-corrected chi connectivity index (χ2v) is 18.5. The highest BCUT2D eigenvalue weighted by Crippen LogP contribution is 2.73. The summed E-state index contributed by atoms with van der Waals surface area (Å²) < 4.78 is 0. The number of rotatable bonds is 5. The number of amides is 1. The van der Waals surface area contributed by atoms with Crippen LogP contribution in [0.1, 0.15) is 151 Å². The van der Waals surface area contributed by atoms with Crippen LogP contribution >= 0.6 is 0 Å². The first-order valence-corrected chi connectivity index (χ1v) is 19.9. The minimum Gasteiger partial charge on any atom is -0.393 e. The summed E-state index contributed by atoms with van der Waals surface area (Å²) in [5.74, 6) is 3.40. The summed E-state index contributed by atoms with van der Waals surface area (Å²) in [6, 6.07) is 8.36. The molecule has 6 aliphatic carbocycles. The fraction of sp³-hybridized carbons (Fsp3) is 0.733. The van der Waals surface area contributed by atoms with E-state index < -0.39 is 0 Å². The van der Waals surface area contributed by atoms with Gasteiger partial charge in [0, 0.05) is 11.8 Å². The van der Waals surface area contributed by atoms with Gasteiger partial charge in [-0.15, -0.1) is 0 Å². The van der Waals surface area contributed by atoms with Gasteiger partial charge in [0.25, 0.3) is 0 Å². The molecule has 0 bridgehead atoms. The summed E-state index contributed by atoms with van der Waals surface area (Å²) in [4.78, 5) is 23.8. The number of aliphatic hydroxyl groups is 1. The highest BCUT2D eigenvalue weighted by Gasteiger charge is 2.66. The number of aliphatic hydroxyl groups excluding tert-OH is 1. The molecule has 7 rings (SSSR count). The molecule has 272 valence electrons. The topological polar surface area (TPSA) is 66.4 Å². The second kappa shape index (κ2) is 13.7. The third kappa shape index (κ3) is 6.33. The molecule has 1 aromatic carbocycles. The average molecular weight is 672 g/mol. The van der Waals surface area contributed by atoms with E-state index in [1.54, 1.807) is 5.57 Å². The van der Waals surface area contributed by atoms with Crippen LogP contribution in [0, 0.1) is 58.2 Å². The van der Waals surface area contributed by atoms with Crippen molar-refractivity contribution in [2.45, 2.75) is 158 Å². The Labute approximate surface area is 299 Å². The van der Waals surface area contributed by atoms with Crippen LogP contribution in [0.5, 0.6) is 0 Å². The van der Waals surface area contributed by atoms with Crippen molar-refractivity contribution < 1.29 is 14.7 Å². The Kier molecular flexibility index (Phi) is 10.7. The highest BCUT2D eigenvalue weighted by molar-refractivity contribution is 6.01. The van der Waals surface area contributed by atoms with Crippen molar-refractivity contribution >= 4 is 12.2 Å². The molecule has 0 heterocycles. The van der Waals surface area contributed by atoms with E-state index in [1.165, 1.54) is 60.8 Å². The van der Waals surface area contributed by atoms with Crippen molar-refractivity contribution in [3.05, 3.63) is 58.2 Å². The van der Waals surface area contributed by atoms with Crippen LogP contribution in [0.3, 0.4) is 0 Å². The molecule has 8 unspecified atom stereocenters. The molecule has 2 N–H and O–H groups in total. The maximum Gasteiger partial charge on any atom is 0.207 e. The van der Waals surface area contributed by atoms with Crippen molar-refractivity contribution in [3.8, 4) is 0 Å². The lowest BCUT2D eigenvalue weighted by Gasteiger charge is -2.68. The number of allylic oxidation sites excluding steroid dienone is 4. The molecule has 49 heavy (non-hydrogen) atoms. The van der Waals surface area contributed by atoms with E-state index in [2.05, 4.69) is 98.0 Å². The van der Waals surface area contributed by atoms with Crippen LogP contribution in [0.2, 0.25) is 0 Å². The molecular weight excluding hydrogens is 602 g/mol. The van der Waals surface area contributed by atoms with E-state index in [-0.39, 0.29) is 22.5 Å². The zero-order valence-corrected chi connectivity index (χ0v) is 33.0. The van der Waals surface area contributed by atoms with Gasteiger partial charge in [0.15, 0.2) is 5.78 Å². The molecule has 0 spiro atoms. The molecule has 8 atom stereocenters. The quantitative estimate of drug-likeness (QED) is 0.242. The molecule has 5 saturated carbocycles. The number of carbonyl (C=O) groups is 2. The van der Waals surface area contributed by atoms with E-state index in [0.717, 1.165) is 44.4 Å². The standard InChI is InChI=1S/C32H50O2.C11H13NO.C2H6/c1-19(2)17-32-16-11-22-21(28(32)27(20(3)4)23(33)18-32)9-10-25-30(22,7)14-12-24-29(5,6)26(34)13-15-31(24,25)8;1-9-2-4-10(5-3-9)11(6-7-11)12-8-13;1-2/h17,20-22,24-26,34H,9-16,18H2,1-8H3;2-5,8H,6-7H2,1H3,(H,12,13);1-2H3. The number of benzene rings is 1. The van der Waals surface area contributed by atoms with E-state index in [4.69, 9.17) is 0 Å². The van der Waals surface area contributed by atoms with Crippen LogP contribution in [0.25, 0.3) is 0 Å². The number of ketones is 1. The van der Waals surface area contributed by atoms with Gasteiger partial charge in [-0.05, 0) is 148 Å². The number of nitrogens with one attached hydrogen (secondary N) is 1. The average Bonchev–Trinajstić information content (AvgIpc) is 3.75. The normalized spacial score (nSPS) is 37.9. The van der Waals surface area contributed by atoms with E-state index in [9.17, 15) is 14.7 Å². The first kappa shape index (κ1) is 38.0. The Morgan fingerprint density at radius 3 is 2.06 bits per heavy atom. The predicted octanol–water partition coefficient (Wildman–Crippen LogP) is 10.7. The van der Waals surface area contributed by atoms with Gasteiger partial charge < -0.3 is 10.4 Å². The third-order valence-electron chi connectivity index (χ3n) is 14.9. The van der Waals surface area contributed by atoms with Gasteiger partial charge in [-0.1, -0.05) is 96.9 Å². The zero-order valence-electron chi connectivity index (χ0n) is 33.0. The van der Waals surface area contributed by atoms with Crippen molar-refractivity contribution in [3.63, 3.8) is 0 Å². The number of fused-ring (bicyclic) bond motifs is 7. The van der Waals surface area contributed by atoms with Crippen LogP contribution in [-0.4, -0.2) is 23.4 Å². The summed E-state index contributed by atoms with van der Waals surface area (Å²) in [6.07, 6.45) is 15.7. The number of aryl methyl sites for hydroxylation is 1. The molecule has 4 nitrogen and oxygen atoms in total. The molecule has 0 aliphatic heterocycles. The molecule has 0 radical (unpaired) electrons. The van der Waals surface area contributed by atoms with Gasteiger partial charge in [-0.2, -0.15) is 0 Å². The fourth-order valence-electron chi connectivity index (χ4n) is 12.7. The van der Waals surface area contributed by atoms with Gasteiger partial charge in [-0.25, -0.2) is 0 Å². The molecule has 4 heteroatoms. The van der Waals surface area contributed by atoms with Crippen LogP contribution < -0.4 is 5.32 Å². The molecule has 6 aliphatic rings. The summed E-state index contributed by atoms with van der Waals surface area (Å²) in [6.45, 7) is 24.9. The van der Waals surface area contributed by atoms with Gasteiger partial charge in [0.1, 0.15) is 0 Å². The molecule has 0 aromatic heterocycles. The van der Waals surface area contributed by atoms with Gasteiger partial charge in [-0.3, -0.25) is 9.59 Å². The SMILES string of the molecule is CC.CC(C)=CC12CCC3C(CCC4C3(C)CCC3C(C)(C)C(O)CCC34C)C1=C(C(C)C)C(=O)C2.Cc1ccc(C2(NC=O)CC2)cc1. The molecule has 5 fully saturated rings. The van der Waals surface area contributed by atoms with Crippen LogP contribution in [0.4, 0.5) is 0 Å². The van der Waals surface area contributed by atoms with Crippen LogP contribution in [0.15, 0.2) is 47.1 Å². The maximum atomic E-state index is 13.4. The Morgan fingerprint density at radius 2 is 1.49 bits per heavy atom. The largest absolute Gasteiger partial charge is 0.393 e. The number of hydrogen-bond donors (Lipinski definition) is 2. The molecule has 1 aromatic rings. The first-order chi connectivity index (χ1) is 23.0. The lowest BCUT2D eigenvalue weighted by Crippen LogP contribution is -2.62. The van der Waals surface area contributed by atoms with Gasteiger partial charge >= 0.3 is 0 Å². The van der Waals surface area contributed by atoms with Gasteiger partial charge in [0.05, 0.1) is 11.6 Å². The van der Waals surface area contributed by atoms with Gasteiger partial charge in [0.2, 0.25) is 6.41 Å². The summed E-state index contributed by atoms with van der Waals surface area (Å²) in [5.41, 5.74) is 7.29. The Hall–Kier alpha value is -2.20. The first-order valence-electron chi connectivity index (χ1n) is 19.9. The number of hydrogen-bond acceptors (Lipinski definition) is 3. The Balaban J connectivity index is 0.000000260. The predicted molar refractivity (Wildman–Crippen MR) is 203 cm³/mol. The van der Waals surface area contributed by atoms with E-state index in [1.807, 2.05) is 13.8 Å². The van der Waals surface area contributed by atoms with Crippen molar-refractivity contribution in [1.82, 2.24) is 5.32 Å². The maximum absolute atomic E-state index is 13.4. The molecule has 1 amide bonds. The van der Waals surface area contributed by atoms with Crippen molar-refractivity contribution in [1.29, 1.82) is 0 Å². The fourth-order valence-corrected chi connectivity index (χ4v) is 12.7. The summed E-state index contributed by atoms with van der Waals surface area (Å²) in [7, 11) is 0. The Morgan fingerprint density at radius 1 is 0.857 bits per heavy atom. The minimum absolute atomic E-state index is 0.00206.